The largest absolute Gasteiger partial charge is 0.457 e. The average molecular weight is 474 g/mol. The summed E-state index contributed by atoms with van der Waals surface area (Å²) in [6.45, 7) is 3.35. The molecule has 1 N–H and O–H groups in total. The van der Waals surface area contributed by atoms with Crippen molar-refractivity contribution in [2.45, 2.75) is 20.0 Å². The van der Waals surface area contributed by atoms with Crippen LogP contribution in [-0.2, 0) is 25.7 Å². The number of ketones is 1. The fraction of sp³-hybridized carbons (Fsp3) is 0.310. The molecule has 1 amide bonds. The molecule has 3 atom stereocenters. The Morgan fingerprint density at radius 1 is 0.943 bits per heavy atom. The van der Waals surface area contributed by atoms with E-state index in [2.05, 4.69) is 5.32 Å². The minimum Gasteiger partial charge on any atom is -0.457 e. The van der Waals surface area contributed by atoms with E-state index in [9.17, 15) is 9.59 Å². The highest BCUT2D eigenvalue weighted by atomic mass is 16.5. The third-order valence-corrected chi connectivity index (χ3v) is 6.23. The summed E-state index contributed by atoms with van der Waals surface area (Å²) in [6.07, 6.45) is 0.700. The van der Waals surface area contributed by atoms with Crippen molar-refractivity contribution >= 4 is 17.4 Å². The van der Waals surface area contributed by atoms with Crippen molar-refractivity contribution in [2.75, 3.05) is 25.1 Å². The molecule has 0 saturated carbocycles. The van der Waals surface area contributed by atoms with E-state index in [1.54, 1.807) is 24.3 Å². The molecule has 1 aliphatic heterocycles. The van der Waals surface area contributed by atoms with Crippen LogP contribution in [0.3, 0.4) is 0 Å². The van der Waals surface area contributed by atoms with Crippen LogP contribution in [0.25, 0.3) is 0 Å². The molecule has 3 aromatic carbocycles. The van der Waals surface area contributed by atoms with Crippen molar-refractivity contribution in [2.24, 2.45) is 17.8 Å². The van der Waals surface area contributed by atoms with Crippen LogP contribution < -0.4 is 10.1 Å². The quantitative estimate of drug-likeness (QED) is 0.399. The van der Waals surface area contributed by atoms with Crippen molar-refractivity contribution in [3.63, 3.8) is 0 Å². The number of carbonyl (C=O) groups is 2. The van der Waals surface area contributed by atoms with Crippen molar-refractivity contribution in [3.05, 3.63) is 90.5 Å². The third kappa shape index (κ3) is 7.01. The summed E-state index contributed by atoms with van der Waals surface area (Å²) in [5, 5.41) is 2.95. The summed E-state index contributed by atoms with van der Waals surface area (Å²) in [6, 6.07) is 26.4. The summed E-state index contributed by atoms with van der Waals surface area (Å²) in [7, 11) is 0. The Morgan fingerprint density at radius 2 is 1.60 bits per heavy atom. The summed E-state index contributed by atoms with van der Waals surface area (Å²) >= 11 is 0. The van der Waals surface area contributed by atoms with Crippen molar-refractivity contribution in [1.29, 1.82) is 0 Å². The molecule has 6 nitrogen and oxygen atoms in total. The van der Waals surface area contributed by atoms with E-state index in [0.29, 0.717) is 37.7 Å². The zero-order valence-corrected chi connectivity index (χ0v) is 19.9. The van der Waals surface area contributed by atoms with Gasteiger partial charge < -0.3 is 19.5 Å². The molecule has 1 heterocycles. The number of amides is 1. The Balaban J connectivity index is 1.40. The molecule has 6 heteroatoms. The number of Topliss-reactive ketones (excluding diaryl/α,β-unsaturated/α-hetero) is 1. The molecule has 35 heavy (non-hydrogen) atoms. The van der Waals surface area contributed by atoms with Crippen LogP contribution >= 0.6 is 0 Å². The number of ether oxygens (including phenoxy) is 3. The highest BCUT2D eigenvalue weighted by molar-refractivity contribution is 5.97. The van der Waals surface area contributed by atoms with E-state index >= 15 is 0 Å². The zero-order chi connectivity index (χ0) is 24.5. The number of hydrogen-bond donors (Lipinski definition) is 1. The van der Waals surface area contributed by atoms with Gasteiger partial charge in [-0.2, -0.15) is 0 Å². The van der Waals surface area contributed by atoms with Crippen LogP contribution in [0.2, 0.25) is 0 Å². The second-order valence-corrected chi connectivity index (χ2v) is 8.79. The average Bonchev–Trinajstić information content (AvgIpc) is 3.43. The van der Waals surface area contributed by atoms with Gasteiger partial charge in [0.25, 0.3) is 0 Å². The van der Waals surface area contributed by atoms with E-state index in [4.69, 9.17) is 14.2 Å². The van der Waals surface area contributed by atoms with Gasteiger partial charge in [0.1, 0.15) is 17.3 Å². The Morgan fingerprint density at radius 3 is 2.26 bits per heavy atom. The first-order valence-corrected chi connectivity index (χ1v) is 12.0. The van der Waals surface area contributed by atoms with Crippen LogP contribution in [0.4, 0.5) is 5.69 Å². The van der Waals surface area contributed by atoms with Crippen LogP contribution in [0, 0.1) is 17.8 Å². The Kier molecular flexibility index (Phi) is 8.65. The van der Waals surface area contributed by atoms with Gasteiger partial charge in [0.2, 0.25) is 5.91 Å². The number of nitrogens with one attached hydrogen (secondary N) is 1. The Hall–Kier alpha value is -3.48. The maximum atomic E-state index is 13.3. The van der Waals surface area contributed by atoms with Crippen molar-refractivity contribution < 1.29 is 23.8 Å². The van der Waals surface area contributed by atoms with Gasteiger partial charge in [0, 0.05) is 24.1 Å². The lowest BCUT2D eigenvalue weighted by Gasteiger charge is -2.24. The highest BCUT2D eigenvalue weighted by Crippen LogP contribution is 2.26. The molecule has 4 rings (SSSR count). The molecule has 1 fully saturated rings. The highest BCUT2D eigenvalue weighted by Gasteiger charge is 2.35. The molecular weight excluding hydrogens is 442 g/mol. The molecule has 0 aromatic heterocycles. The lowest BCUT2D eigenvalue weighted by atomic mass is 9.84. The number of rotatable bonds is 11. The lowest BCUT2D eigenvalue weighted by Crippen LogP contribution is -2.38. The second-order valence-electron chi connectivity index (χ2n) is 8.79. The van der Waals surface area contributed by atoms with E-state index < -0.39 is 11.8 Å². The van der Waals surface area contributed by atoms with Crippen LogP contribution in [0.1, 0.15) is 18.9 Å². The zero-order valence-electron chi connectivity index (χ0n) is 19.9. The van der Waals surface area contributed by atoms with Gasteiger partial charge in [-0.3, -0.25) is 9.59 Å². The van der Waals surface area contributed by atoms with Crippen molar-refractivity contribution in [1.82, 2.24) is 0 Å². The molecule has 0 radical (unpaired) electrons. The maximum absolute atomic E-state index is 13.3. The van der Waals surface area contributed by atoms with Gasteiger partial charge in [-0.15, -0.1) is 0 Å². The number of hydrogen-bond acceptors (Lipinski definition) is 5. The smallest absolute Gasteiger partial charge is 0.230 e. The molecule has 0 aliphatic carbocycles. The fourth-order valence-electron chi connectivity index (χ4n) is 4.12. The minimum absolute atomic E-state index is 0.0533. The molecule has 1 saturated heterocycles. The first-order valence-electron chi connectivity index (χ1n) is 12.0. The van der Waals surface area contributed by atoms with Gasteiger partial charge in [0.15, 0.2) is 0 Å². The molecular formula is C29H31NO5. The van der Waals surface area contributed by atoms with Crippen LogP contribution in [0.5, 0.6) is 11.5 Å². The van der Waals surface area contributed by atoms with Crippen molar-refractivity contribution in [3.8, 4) is 11.5 Å². The number of carbonyl (C=O) groups excluding carboxylic acids is 2. The molecule has 0 spiro atoms. The standard InChI is InChI=1S/C29H31NO5/c1-21(28(31)23-16-17-33-19-23)27(20-34-18-22-8-4-2-5-9-22)29(32)30-24-12-14-26(15-13-24)35-25-10-6-3-7-11-25/h2-15,21,23,27H,16-20H2,1H3,(H,30,32). The second kappa shape index (κ2) is 12.3. The SMILES string of the molecule is CC(C(=O)C1CCOC1)C(COCc1ccccc1)C(=O)Nc1ccc(Oc2ccccc2)cc1. The number of para-hydroxylation sites is 1. The summed E-state index contributed by atoms with van der Waals surface area (Å²) in [5.74, 6) is -0.0500. The predicted octanol–water partition coefficient (Wildman–Crippen LogP) is 5.49. The molecule has 3 aromatic rings. The van der Waals surface area contributed by atoms with E-state index in [-0.39, 0.29) is 24.2 Å². The summed E-state index contributed by atoms with van der Waals surface area (Å²) in [4.78, 5) is 26.3. The number of anilines is 1. The lowest BCUT2D eigenvalue weighted by molar-refractivity contribution is -0.135. The summed E-state index contributed by atoms with van der Waals surface area (Å²) < 4.78 is 17.1. The minimum atomic E-state index is -0.618. The Labute approximate surface area is 206 Å². The monoisotopic (exact) mass is 473 g/mol. The third-order valence-electron chi connectivity index (χ3n) is 6.23. The molecule has 0 bridgehead atoms. The van der Waals surface area contributed by atoms with Gasteiger partial charge in [0.05, 0.1) is 25.7 Å². The van der Waals surface area contributed by atoms with Crippen LogP contribution in [0.15, 0.2) is 84.9 Å². The topological polar surface area (TPSA) is 73.9 Å². The van der Waals surface area contributed by atoms with E-state index in [1.165, 1.54) is 0 Å². The van der Waals surface area contributed by atoms with Crippen LogP contribution in [-0.4, -0.2) is 31.5 Å². The van der Waals surface area contributed by atoms with Gasteiger partial charge in [-0.05, 0) is 48.4 Å². The maximum Gasteiger partial charge on any atom is 0.230 e. The van der Waals surface area contributed by atoms with E-state index in [0.717, 1.165) is 11.3 Å². The molecule has 3 unspecified atom stereocenters. The Bertz CT molecular complexity index is 1080. The predicted molar refractivity (Wildman–Crippen MR) is 134 cm³/mol. The summed E-state index contributed by atoms with van der Waals surface area (Å²) in [5.41, 5.74) is 1.65. The molecule has 182 valence electrons. The first-order chi connectivity index (χ1) is 17.1. The van der Waals surface area contributed by atoms with Gasteiger partial charge in [-0.1, -0.05) is 55.5 Å². The first kappa shape index (κ1) is 24.6. The normalized spacial score (nSPS) is 16.9. The molecule has 1 aliphatic rings. The van der Waals surface area contributed by atoms with E-state index in [1.807, 2.05) is 67.6 Å². The number of benzene rings is 3. The fourth-order valence-corrected chi connectivity index (χ4v) is 4.12. The van der Waals surface area contributed by atoms with Gasteiger partial charge in [-0.25, -0.2) is 0 Å². The van der Waals surface area contributed by atoms with Gasteiger partial charge >= 0.3 is 0 Å².